The maximum absolute atomic E-state index is 5.83. The highest BCUT2D eigenvalue weighted by atomic mass is 16.5. The average Bonchev–Trinajstić information content (AvgIpc) is 2.46. The highest BCUT2D eigenvalue weighted by Gasteiger charge is 2.11. The summed E-state index contributed by atoms with van der Waals surface area (Å²) in [5, 5.41) is 0. The molecule has 4 heteroatoms. The highest BCUT2D eigenvalue weighted by Crippen LogP contribution is 2.23. The third-order valence-electron chi connectivity index (χ3n) is 2.61. The Hall–Kier alpha value is -2.07. The van der Waals surface area contributed by atoms with Crippen molar-refractivity contribution in [3.8, 4) is 11.5 Å². The van der Waals surface area contributed by atoms with Gasteiger partial charge in [0.25, 0.3) is 0 Å². The van der Waals surface area contributed by atoms with Gasteiger partial charge in [-0.25, -0.2) is 0 Å². The van der Waals surface area contributed by atoms with E-state index >= 15 is 0 Å². The second kappa shape index (κ2) is 6.02. The van der Waals surface area contributed by atoms with Gasteiger partial charge in [-0.1, -0.05) is 6.07 Å². The summed E-state index contributed by atoms with van der Waals surface area (Å²) >= 11 is 0. The zero-order valence-corrected chi connectivity index (χ0v) is 10.2. The van der Waals surface area contributed by atoms with E-state index in [1.54, 1.807) is 19.5 Å². The summed E-state index contributed by atoms with van der Waals surface area (Å²) < 4.78 is 10.9. The van der Waals surface area contributed by atoms with Gasteiger partial charge in [0.2, 0.25) is 0 Å². The number of nitrogens with zero attached hydrogens (tertiary/aromatic N) is 1. The van der Waals surface area contributed by atoms with Crippen LogP contribution < -0.4 is 15.2 Å². The molecule has 1 heterocycles. The molecule has 0 bridgehead atoms. The van der Waals surface area contributed by atoms with Crippen LogP contribution in [0.4, 0.5) is 0 Å². The first-order chi connectivity index (χ1) is 8.83. The van der Waals surface area contributed by atoms with Crippen LogP contribution in [0.2, 0.25) is 0 Å². The third-order valence-corrected chi connectivity index (χ3v) is 2.61. The lowest BCUT2D eigenvalue weighted by atomic mass is 10.1. The van der Waals surface area contributed by atoms with Crippen LogP contribution in [0.15, 0.2) is 48.8 Å². The van der Waals surface area contributed by atoms with Crippen LogP contribution in [0.1, 0.15) is 11.7 Å². The van der Waals surface area contributed by atoms with Gasteiger partial charge in [0, 0.05) is 24.5 Å². The Morgan fingerprint density at radius 3 is 2.44 bits per heavy atom. The first-order valence-electron chi connectivity index (χ1n) is 5.74. The first-order valence-corrected chi connectivity index (χ1v) is 5.74. The molecule has 2 aromatic rings. The van der Waals surface area contributed by atoms with Crippen molar-refractivity contribution < 1.29 is 9.47 Å². The molecule has 0 fully saturated rings. The molecule has 1 aromatic carbocycles. The van der Waals surface area contributed by atoms with Gasteiger partial charge in [-0.2, -0.15) is 0 Å². The van der Waals surface area contributed by atoms with Gasteiger partial charge < -0.3 is 15.2 Å². The minimum Gasteiger partial charge on any atom is -0.497 e. The van der Waals surface area contributed by atoms with Crippen LogP contribution >= 0.6 is 0 Å². The summed E-state index contributed by atoms with van der Waals surface area (Å²) in [6.45, 7) is 0.401. The Balaban J connectivity index is 2.10. The van der Waals surface area contributed by atoms with Crippen LogP contribution in [0.5, 0.6) is 11.5 Å². The molecule has 0 aliphatic heterocycles. The van der Waals surface area contributed by atoms with Gasteiger partial charge in [0.1, 0.15) is 17.6 Å². The van der Waals surface area contributed by atoms with Gasteiger partial charge in [-0.3, -0.25) is 4.98 Å². The summed E-state index contributed by atoms with van der Waals surface area (Å²) in [4.78, 5) is 4.07. The standard InChI is InChI=1S/C14H16N2O2/c1-17-12-4-6-13(7-5-12)18-14(9-15)11-3-2-8-16-10-11/h2-8,10,14H,9,15H2,1H3. The molecule has 0 aliphatic carbocycles. The number of benzene rings is 1. The summed E-state index contributed by atoms with van der Waals surface area (Å²) in [5.41, 5.74) is 6.70. The lowest BCUT2D eigenvalue weighted by Crippen LogP contribution is -2.18. The number of hydrogen-bond acceptors (Lipinski definition) is 4. The molecule has 2 N–H and O–H groups in total. The first kappa shape index (κ1) is 12.4. The zero-order valence-electron chi connectivity index (χ0n) is 10.2. The SMILES string of the molecule is COc1ccc(OC(CN)c2cccnc2)cc1. The molecule has 0 saturated heterocycles. The second-order valence-corrected chi connectivity index (χ2v) is 3.80. The Morgan fingerprint density at radius 1 is 1.17 bits per heavy atom. The van der Waals surface area contributed by atoms with E-state index in [-0.39, 0.29) is 6.10 Å². The van der Waals surface area contributed by atoms with E-state index < -0.39 is 0 Å². The number of nitrogens with two attached hydrogens (primary N) is 1. The number of rotatable bonds is 5. The Labute approximate surface area is 106 Å². The summed E-state index contributed by atoms with van der Waals surface area (Å²) in [7, 11) is 1.63. The van der Waals surface area contributed by atoms with Crippen molar-refractivity contribution in [2.45, 2.75) is 6.10 Å². The molecule has 0 aliphatic rings. The van der Waals surface area contributed by atoms with Crippen molar-refractivity contribution in [3.63, 3.8) is 0 Å². The van der Waals surface area contributed by atoms with Crippen molar-refractivity contribution in [2.24, 2.45) is 5.73 Å². The molecular formula is C14H16N2O2. The van der Waals surface area contributed by atoms with E-state index in [0.717, 1.165) is 17.1 Å². The lowest BCUT2D eigenvalue weighted by molar-refractivity contribution is 0.213. The van der Waals surface area contributed by atoms with Crippen molar-refractivity contribution >= 4 is 0 Å². The molecule has 2 rings (SSSR count). The van der Waals surface area contributed by atoms with Gasteiger partial charge >= 0.3 is 0 Å². The smallest absolute Gasteiger partial charge is 0.137 e. The minimum atomic E-state index is -0.188. The van der Waals surface area contributed by atoms with Crippen LogP contribution in [0.25, 0.3) is 0 Å². The molecule has 0 spiro atoms. The number of pyridine rings is 1. The van der Waals surface area contributed by atoms with E-state index in [4.69, 9.17) is 15.2 Å². The van der Waals surface area contributed by atoms with Gasteiger partial charge in [0.05, 0.1) is 7.11 Å². The molecule has 1 aromatic heterocycles. The normalized spacial score (nSPS) is 11.9. The van der Waals surface area contributed by atoms with Crippen molar-refractivity contribution in [1.82, 2.24) is 4.98 Å². The van der Waals surface area contributed by atoms with E-state index in [1.807, 2.05) is 36.4 Å². The number of ether oxygens (including phenoxy) is 2. The predicted molar refractivity (Wildman–Crippen MR) is 69.7 cm³/mol. The Kier molecular flexibility index (Phi) is 4.15. The van der Waals surface area contributed by atoms with Gasteiger partial charge in [-0.15, -0.1) is 0 Å². The quantitative estimate of drug-likeness (QED) is 0.875. The van der Waals surface area contributed by atoms with Crippen molar-refractivity contribution in [1.29, 1.82) is 0 Å². The summed E-state index contributed by atoms with van der Waals surface area (Å²) in [6.07, 6.45) is 3.30. The predicted octanol–water partition coefficient (Wildman–Crippen LogP) is 2.17. The van der Waals surface area contributed by atoms with E-state index in [2.05, 4.69) is 4.98 Å². The fourth-order valence-corrected chi connectivity index (χ4v) is 1.64. The molecule has 0 saturated carbocycles. The fraction of sp³-hybridized carbons (Fsp3) is 0.214. The highest BCUT2D eigenvalue weighted by molar-refractivity contribution is 5.31. The van der Waals surface area contributed by atoms with Crippen LogP contribution in [-0.4, -0.2) is 18.6 Å². The fourth-order valence-electron chi connectivity index (χ4n) is 1.64. The molecule has 94 valence electrons. The van der Waals surface area contributed by atoms with Crippen LogP contribution in [-0.2, 0) is 0 Å². The summed E-state index contributed by atoms with van der Waals surface area (Å²) in [6, 6.07) is 11.2. The molecule has 1 unspecified atom stereocenters. The molecule has 4 nitrogen and oxygen atoms in total. The molecule has 0 amide bonds. The van der Waals surface area contributed by atoms with Crippen molar-refractivity contribution in [2.75, 3.05) is 13.7 Å². The van der Waals surface area contributed by atoms with Crippen LogP contribution in [0, 0.1) is 0 Å². The van der Waals surface area contributed by atoms with E-state index in [0.29, 0.717) is 6.54 Å². The molecule has 0 radical (unpaired) electrons. The second-order valence-electron chi connectivity index (χ2n) is 3.80. The monoisotopic (exact) mass is 244 g/mol. The molecular weight excluding hydrogens is 228 g/mol. The maximum Gasteiger partial charge on any atom is 0.137 e. The Morgan fingerprint density at radius 2 is 1.89 bits per heavy atom. The Bertz CT molecular complexity index is 471. The third kappa shape index (κ3) is 2.99. The van der Waals surface area contributed by atoms with Gasteiger partial charge in [0.15, 0.2) is 0 Å². The lowest BCUT2D eigenvalue weighted by Gasteiger charge is -2.17. The maximum atomic E-state index is 5.83. The minimum absolute atomic E-state index is 0.188. The number of methoxy groups -OCH3 is 1. The van der Waals surface area contributed by atoms with Crippen LogP contribution in [0.3, 0.4) is 0 Å². The van der Waals surface area contributed by atoms with Crippen molar-refractivity contribution in [3.05, 3.63) is 54.4 Å². The zero-order chi connectivity index (χ0) is 12.8. The molecule has 1 atom stereocenters. The van der Waals surface area contributed by atoms with E-state index in [1.165, 1.54) is 0 Å². The van der Waals surface area contributed by atoms with Gasteiger partial charge in [-0.05, 0) is 30.3 Å². The average molecular weight is 244 g/mol. The molecule has 18 heavy (non-hydrogen) atoms. The number of hydrogen-bond donors (Lipinski definition) is 1. The van der Waals surface area contributed by atoms with E-state index in [9.17, 15) is 0 Å². The summed E-state index contributed by atoms with van der Waals surface area (Å²) in [5.74, 6) is 1.56. The topological polar surface area (TPSA) is 57.4 Å². The largest absolute Gasteiger partial charge is 0.497 e. The number of aromatic nitrogens is 1.